The third-order valence-electron chi connectivity index (χ3n) is 4.39. The van der Waals surface area contributed by atoms with Crippen LogP contribution in [0.15, 0.2) is 59.5 Å². The summed E-state index contributed by atoms with van der Waals surface area (Å²) in [5.41, 5.74) is 1.34. The van der Waals surface area contributed by atoms with E-state index in [1.165, 1.54) is 19.2 Å². The zero-order valence-electron chi connectivity index (χ0n) is 15.6. The van der Waals surface area contributed by atoms with E-state index < -0.39 is 34.6 Å². The second-order valence-corrected chi connectivity index (χ2v) is 8.05. The lowest BCUT2D eigenvalue weighted by atomic mass is 10.2. The molecule has 0 radical (unpaired) electrons. The molecule has 1 aliphatic rings. The van der Waals surface area contributed by atoms with Crippen molar-refractivity contribution in [3.05, 3.63) is 65.7 Å². The number of carbonyl (C=O) groups excluding carboxylic acids is 1. The van der Waals surface area contributed by atoms with Crippen LogP contribution in [0.25, 0.3) is 0 Å². The van der Waals surface area contributed by atoms with Crippen LogP contribution in [-0.2, 0) is 28.5 Å². The summed E-state index contributed by atoms with van der Waals surface area (Å²) in [6.45, 7) is 1.57. The van der Waals surface area contributed by atoms with Crippen LogP contribution in [0.2, 0.25) is 0 Å². The number of esters is 1. The van der Waals surface area contributed by atoms with Crippen molar-refractivity contribution in [2.24, 2.45) is 0 Å². The average molecular weight is 406 g/mol. The molecule has 1 fully saturated rings. The van der Waals surface area contributed by atoms with Crippen molar-refractivity contribution in [1.29, 1.82) is 0 Å². The van der Waals surface area contributed by atoms with Crippen LogP contribution in [0.4, 0.5) is 0 Å². The molecule has 0 spiro atoms. The topological polar surface area (TPSA) is 88.1 Å². The Labute approximate surface area is 164 Å². The zero-order valence-corrected chi connectivity index (χ0v) is 16.4. The molecule has 3 atom stereocenters. The molecule has 2 aromatic rings. The number of ether oxygens (including phenoxy) is 3. The lowest BCUT2D eigenvalue weighted by molar-refractivity contribution is -0.125. The van der Waals surface area contributed by atoms with Crippen LogP contribution in [0.1, 0.15) is 22.3 Å². The Hall–Kier alpha value is -2.26. The zero-order chi connectivity index (χ0) is 20.1. The smallest absolute Gasteiger partial charge is 0.338 e. The fraction of sp³-hybridized carbons (Fsp3) is 0.350. The fourth-order valence-electron chi connectivity index (χ4n) is 2.81. The molecule has 28 heavy (non-hydrogen) atoms. The predicted molar refractivity (Wildman–Crippen MR) is 100 cm³/mol. The van der Waals surface area contributed by atoms with Gasteiger partial charge in [0.15, 0.2) is 6.29 Å². The highest BCUT2D eigenvalue weighted by Crippen LogP contribution is 2.26. The molecule has 0 aromatic heterocycles. The molecule has 150 valence electrons. The maximum Gasteiger partial charge on any atom is 0.338 e. The minimum atomic E-state index is -3.95. The molecule has 0 N–H and O–H groups in total. The normalized spacial score (nSPS) is 22.1. The Bertz CT molecular complexity index is 894. The van der Waals surface area contributed by atoms with Crippen molar-refractivity contribution in [2.45, 2.75) is 36.7 Å². The first-order chi connectivity index (χ1) is 13.4. The van der Waals surface area contributed by atoms with Gasteiger partial charge in [0.05, 0.1) is 17.1 Å². The maximum atomic E-state index is 12.4. The van der Waals surface area contributed by atoms with E-state index in [1.807, 2.05) is 6.92 Å². The Morgan fingerprint density at radius 3 is 2.43 bits per heavy atom. The largest absolute Gasteiger partial charge is 0.456 e. The molecule has 2 aromatic carbocycles. The predicted octanol–water partition coefficient (Wildman–Crippen LogP) is 2.69. The van der Waals surface area contributed by atoms with Gasteiger partial charge < -0.3 is 14.2 Å². The van der Waals surface area contributed by atoms with Crippen molar-refractivity contribution >= 4 is 16.1 Å². The summed E-state index contributed by atoms with van der Waals surface area (Å²) >= 11 is 0. The van der Waals surface area contributed by atoms with Crippen molar-refractivity contribution in [3.8, 4) is 0 Å². The van der Waals surface area contributed by atoms with Gasteiger partial charge in [-0.2, -0.15) is 8.42 Å². The molecule has 3 rings (SSSR count). The summed E-state index contributed by atoms with van der Waals surface area (Å²) in [5, 5.41) is 0. The molecule has 7 nitrogen and oxygen atoms in total. The van der Waals surface area contributed by atoms with Gasteiger partial charge in [0.1, 0.15) is 12.2 Å². The second kappa shape index (κ2) is 8.83. The maximum absolute atomic E-state index is 12.4. The molecular formula is C20H22O7S. The first-order valence-electron chi connectivity index (χ1n) is 8.79. The Kier molecular flexibility index (Phi) is 6.46. The van der Waals surface area contributed by atoms with Crippen LogP contribution in [0, 0.1) is 6.92 Å². The van der Waals surface area contributed by atoms with Crippen molar-refractivity contribution < 1.29 is 31.6 Å². The third kappa shape index (κ3) is 4.96. The fourth-order valence-corrected chi connectivity index (χ4v) is 3.73. The molecule has 1 saturated heterocycles. The van der Waals surface area contributed by atoms with E-state index in [9.17, 15) is 13.2 Å². The average Bonchev–Trinajstić information content (AvgIpc) is 3.09. The molecule has 1 aliphatic heterocycles. The minimum Gasteiger partial charge on any atom is -0.456 e. The number of aryl methyl sites for hydroxylation is 1. The van der Waals surface area contributed by atoms with Crippen LogP contribution >= 0.6 is 0 Å². The highest BCUT2D eigenvalue weighted by Gasteiger charge is 2.39. The van der Waals surface area contributed by atoms with E-state index >= 15 is 0 Å². The molecule has 0 unspecified atom stereocenters. The van der Waals surface area contributed by atoms with Gasteiger partial charge >= 0.3 is 5.97 Å². The van der Waals surface area contributed by atoms with Crippen LogP contribution < -0.4 is 0 Å². The molecule has 0 amide bonds. The second-order valence-electron chi connectivity index (χ2n) is 6.44. The van der Waals surface area contributed by atoms with E-state index in [0.717, 1.165) is 5.56 Å². The van der Waals surface area contributed by atoms with Gasteiger partial charge in [0.2, 0.25) is 0 Å². The van der Waals surface area contributed by atoms with Gasteiger partial charge in [-0.15, -0.1) is 0 Å². The molecule has 0 saturated carbocycles. The monoisotopic (exact) mass is 406 g/mol. The van der Waals surface area contributed by atoms with Gasteiger partial charge in [-0.3, -0.25) is 4.18 Å². The summed E-state index contributed by atoms with van der Waals surface area (Å²) in [7, 11) is -2.49. The molecule has 0 aliphatic carbocycles. The molecule has 0 bridgehead atoms. The summed E-state index contributed by atoms with van der Waals surface area (Å²) in [6, 6.07) is 14.9. The molecule has 1 heterocycles. The van der Waals surface area contributed by atoms with Crippen LogP contribution in [0.5, 0.6) is 0 Å². The third-order valence-corrected chi connectivity index (χ3v) is 5.69. The lowest BCUT2D eigenvalue weighted by Gasteiger charge is -2.18. The van der Waals surface area contributed by atoms with Gasteiger partial charge in [0, 0.05) is 13.5 Å². The van der Waals surface area contributed by atoms with Gasteiger partial charge in [0.25, 0.3) is 10.1 Å². The van der Waals surface area contributed by atoms with E-state index in [0.29, 0.717) is 5.56 Å². The number of rotatable bonds is 7. The van der Waals surface area contributed by atoms with Gasteiger partial charge in [-0.05, 0) is 31.2 Å². The lowest BCUT2D eigenvalue weighted by Crippen LogP contribution is -2.32. The Morgan fingerprint density at radius 2 is 1.79 bits per heavy atom. The van der Waals surface area contributed by atoms with Crippen LogP contribution in [0.3, 0.4) is 0 Å². The standard InChI is InChI=1S/C20H22O7S/c1-14-8-10-16(11-9-14)28(22,23)25-13-18-17(12-19(24-2)26-18)27-20(21)15-6-4-3-5-7-15/h3-11,17-19H,12-13H2,1-2H3/t17-,18+,19+/m0/s1. The summed E-state index contributed by atoms with van der Waals surface area (Å²) in [4.78, 5) is 12.4. The first-order valence-corrected chi connectivity index (χ1v) is 10.2. The quantitative estimate of drug-likeness (QED) is 0.516. The minimum absolute atomic E-state index is 0.0530. The first kappa shape index (κ1) is 20.5. The van der Waals surface area contributed by atoms with E-state index in [4.69, 9.17) is 18.4 Å². The number of hydrogen-bond acceptors (Lipinski definition) is 7. The van der Waals surface area contributed by atoms with Crippen molar-refractivity contribution in [3.63, 3.8) is 0 Å². The number of benzene rings is 2. The number of hydrogen-bond donors (Lipinski definition) is 0. The van der Waals surface area contributed by atoms with Crippen LogP contribution in [-0.4, -0.2) is 46.6 Å². The van der Waals surface area contributed by atoms with Gasteiger partial charge in [-0.25, -0.2) is 4.79 Å². The molecule has 8 heteroatoms. The molecular weight excluding hydrogens is 384 g/mol. The highest BCUT2D eigenvalue weighted by atomic mass is 32.2. The summed E-state index contributed by atoms with van der Waals surface area (Å²) in [6.07, 6.45) is -1.78. The van der Waals surface area contributed by atoms with Gasteiger partial charge in [-0.1, -0.05) is 35.9 Å². The van der Waals surface area contributed by atoms with E-state index in [2.05, 4.69) is 0 Å². The van der Waals surface area contributed by atoms with Crippen molar-refractivity contribution in [1.82, 2.24) is 0 Å². The van der Waals surface area contributed by atoms with Crippen molar-refractivity contribution in [2.75, 3.05) is 13.7 Å². The SMILES string of the molecule is CO[C@H]1C[C@H](OC(=O)c2ccccc2)[C@@H](COS(=O)(=O)c2ccc(C)cc2)O1. The highest BCUT2D eigenvalue weighted by molar-refractivity contribution is 7.86. The number of carbonyl (C=O) groups is 1. The van der Waals surface area contributed by atoms with E-state index in [-0.39, 0.29) is 17.9 Å². The summed E-state index contributed by atoms with van der Waals surface area (Å²) < 4.78 is 46.2. The number of methoxy groups -OCH3 is 1. The Balaban J connectivity index is 1.66. The summed E-state index contributed by atoms with van der Waals surface area (Å²) in [5.74, 6) is -0.516. The van der Waals surface area contributed by atoms with E-state index in [1.54, 1.807) is 42.5 Å². The Morgan fingerprint density at radius 1 is 1.11 bits per heavy atom.